The Labute approximate surface area is 115 Å². The quantitative estimate of drug-likeness (QED) is 0.709. The van der Waals surface area contributed by atoms with E-state index in [9.17, 15) is 4.79 Å². The minimum absolute atomic E-state index is 0.234. The number of unbranched alkanes of at least 4 members (excludes halogenated alkanes) is 1. The van der Waals surface area contributed by atoms with Crippen LogP contribution >= 0.6 is 0 Å². The van der Waals surface area contributed by atoms with Crippen LogP contribution in [0.2, 0.25) is 0 Å². The van der Waals surface area contributed by atoms with Crippen molar-refractivity contribution in [1.29, 1.82) is 0 Å². The number of benzene rings is 1. The molecule has 0 aliphatic heterocycles. The van der Waals surface area contributed by atoms with Gasteiger partial charge in [-0.3, -0.25) is 0 Å². The normalized spacial score (nSPS) is 11.9. The van der Waals surface area contributed by atoms with Crippen LogP contribution < -0.4 is 10.6 Å². The molecule has 0 radical (unpaired) electrons. The minimum atomic E-state index is -0.391. The molecule has 1 rings (SSSR count). The fourth-order valence-electron chi connectivity index (χ4n) is 1.71. The first-order chi connectivity index (χ1) is 9.11. The number of nitrogens with one attached hydrogen (secondary N) is 2. The second-order valence-electron chi connectivity index (χ2n) is 4.82. The van der Waals surface area contributed by atoms with E-state index in [1.54, 1.807) is 6.92 Å². The van der Waals surface area contributed by atoms with Gasteiger partial charge >= 0.3 is 6.03 Å². The molecule has 1 aromatic carbocycles. The second-order valence-corrected chi connectivity index (χ2v) is 4.82. The highest BCUT2D eigenvalue weighted by Crippen LogP contribution is 2.11. The number of rotatable bonds is 7. The van der Waals surface area contributed by atoms with Crippen molar-refractivity contribution < 1.29 is 9.90 Å². The summed E-state index contributed by atoms with van der Waals surface area (Å²) in [6, 6.07) is 7.68. The highest BCUT2D eigenvalue weighted by molar-refractivity contribution is 5.89. The molecule has 4 nitrogen and oxygen atoms in total. The summed E-state index contributed by atoms with van der Waals surface area (Å²) in [5.41, 5.74) is 2.08. The van der Waals surface area contributed by atoms with Crippen molar-refractivity contribution in [2.24, 2.45) is 0 Å². The van der Waals surface area contributed by atoms with Gasteiger partial charge in [0, 0.05) is 12.2 Å². The smallest absolute Gasteiger partial charge is 0.319 e. The van der Waals surface area contributed by atoms with Gasteiger partial charge in [-0.1, -0.05) is 25.5 Å². The van der Waals surface area contributed by atoms with Gasteiger partial charge in [-0.2, -0.15) is 0 Å². The Morgan fingerprint density at radius 2 is 2.00 bits per heavy atom. The first kappa shape index (κ1) is 15.5. The Balaban J connectivity index is 2.33. The molecule has 0 saturated carbocycles. The number of hydrogen-bond acceptors (Lipinski definition) is 2. The van der Waals surface area contributed by atoms with E-state index in [0.717, 1.165) is 12.1 Å². The van der Waals surface area contributed by atoms with Crippen LogP contribution in [0.3, 0.4) is 0 Å². The molecule has 0 bridgehead atoms. The van der Waals surface area contributed by atoms with Crippen LogP contribution in [0.1, 0.15) is 38.7 Å². The van der Waals surface area contributed by atoms with Crippen LogP contribution in [-0.4, -0.2) is 23.8 Å². The van der Waals surface area contributed by atoms with Crippen molar-refractivity contribution >= 4 is 11.7 Å². The van der Waals surface area contributed by atoms with E-state index in [1.165, 1.54) is 18.4 Å². The zero-order valence-electron chi connectivity index (χ0n) is 11.8. The second kappa shape index (κ2) is 8.53. The molecule has 1 atom stereocenters. The molecule has 1 unspecified atom stereocenters. The first-order valence-electron chi connectivity index (χ1n) is 6.93. The van der Waals surface area contributed by atoms with Crippen molar-refractivity contribution in [2.45, 2.75) is 45.6 Å². The minimum Gasteiger partial charge on any atom is -0.393 e. The molecule has 4 heteroatoms. The predicted octanol–water partition coefficient (Wildman–Crippen LogP) is 2.92. The highest BCUT2D eigenvalue weighted by Gasteiger charge is 2.02. The number of aryl methyl sites for hydroxylation is 1. The zero-order valence-corrected chi connectivity index (χ0v) is 11.8. The first-order valence-corrected chi connectivity index (χ1v) is 6.93. The number of urea groups is 1. The summed E-state index contributed by atoms with van der Waals surface area (Å²) in [4.78, 5) is 11.5. The van der Waals surface area contributed by atoms with Crippen LogP contribution in [0.15, 0.2) is 24.3 Å². The van der Waals surface area contributed by atoms with E-state index in [1.807, 2.05) is 24.3 Å². The maximum Gasteiger partial charge on any atom is 0.319 e. The lowest BCUT2D eigenvalue weighted by Crippen LogP contribution is -2.30. The average molecular weight is 264 g/mol. The van der Waals surface area contributed by atoms with Crippen LogP contribution in [-0.2, 0) is 6.42 Å². The van der Waals surface area contributed by atoms with Gasteiger partial charge in [0.2, 0.25) is 0 Å². The molecule has 0 saturated heterocycles. The third-order valence-electron chi connectivity index (χ3n) is 2.88. The van der Waals surface area contributed by atoms with E-state index in [0.29, 0.717) is 13.0 Å². The van der Waals surface area contributed by atoms with Crippen LogP contribution in [0, 0.1) is 0 Å². The average Bonchev–Trinajstić information content (AvgIpc) is 2.37. The Bertz CT molecular complexity index is 374. The molecule has 0 spiro atoms. The van der Waals surface area contributed by atoms with Crippen molar-refractivity contribution in [3.05, 3.63) is 29.8 Å². The number of aliphatic hydroxyl groups excluding tert-OH is 1. The lowest BCUT2D eigenvalue weighted by atomic mass is 10.1. The van der Waals surface area contributed by atoms with Crippen molar-refractivity contribution in [1.82, 2.24) is 5.32 Å². The molecular formula is C15H24N2O2. The van der Waals surface area contributed by atoms with Gasteiger partial charge in [-0.05, 0) is 43.9 Å². The molecule has 1 aromatic rings. The number of carbonyl (C=O) groups excluding carboxylic acids is 1. The van der Waals surface area contributed by atoms with Crippen molar-refractivity contribution in [3.8, 4) is 0 Å². The van der Waals surface area contributed by atoms with Crippen LogP contribution in [0.5, 0.6) is 0 Å². The van der Waals surface area contributed by atoms with E-state index in [2.05, 4.69) is 17.6 Å². The third-order valence-corrected chi connectivity index (χ3v) is 2.88. The molecule has 0 heterocycles. The zero-order chi connectivity index (χ0) is 14.1. The van der Waals surface area contributed by atoms with Gasteiger partial charge < -0.3 is 15.7 Å². The molecule has 106 valence electrons. The molecule has 19 heavy (non-hydrogen) atoms. The van der Waals surface area contributed by atoms with Crippen molar-refractivity contribution in [3.63, 3.8) is 0 Å². The van der Waals surface area contributed by atoms with Gasteiger partial charge in [0.15, 0.2) is 0 Å². The Morgan fingerprint density at radius 3 is 2.58 bits per heavy atom. The number of hydrogen-bond donors (Lipinski definition) is 3. The van der Waals surface area contributed by atoms with E-state index in [-0.39, 0.29) is 6.03 Å². The molecular weight excluding hydrogens is 240 g/mol. The summed E-state index contributed by atoms with van der Waals surface area (Å²) < 4.78 is 0. The molecule has 0 aliphatic carbocycles. The molecule has 0 fully saturated rings. The van der Waals surface area contributed by atoms with E-state index < -0.39 is 6.10 Å². The summed E-state index contributed by atoms with van der Waals surface area (Å²) in [5, 5.41) is 14.6. The molecule has 2 amide bonds. The van der Waals surface area contributed by atoms with Gasteiger partial charge in [-0.15, -0.1) is 0 Å². The maximum absolute atomic E-state index is 11.5. The third kappa shape index (κ3) is 6.82. The van der Waals surface area contributed by atoms with Gasteiger partial charge in [0.25, 0.3) is 0 Å². The Morgan fingerprint density at radius 1 is 1.32 bits per heavy atom. The lowest BCUT2D eigenvalue weighted by Gasteiger charge is -2.09. The standard InChI is InChI=1S/C15H24N2O2/c1-3-4-5-13-6-8-14(9-7-13)17-15(19)16-11-10-12(2)18/h6-9,12,18H,3-5,10-11H2,1-2H3,(H2,16,17,19). The SMILES string of the molecule is CCCCc1ccc(NC(=O)NCCC(C)O)cc1. The topological polar surface area (TPSA) is 61.4 Å². The van der Waals surface area contributed by atoms with Crippen LogP contribution in [0.4, 0.5) is 10.5 Å². The number of aliphatic hydroxyl groups is 1. The van der Waals surface area contributed by atoms with Crippen LogP contribution in [0.25, 0.3) is 0 Å². The van der Waals surface area contributed by atoms with Crippen molar-refractivity contribution in [2.75, 3.05) is 11.9 Å². The maximum atomic E-state index is 11.5. The molecule has 0 aromatic heterocycles. The Kier molecular flexibility index (Phi) is 6.97. The van der Waals surface area contributed by atoms with E-state index in [4.69, 9.17) is 5.11 Å². The summed E-state index contributed by atoms with van der Waals surface area (Å²) >= 11 is 0. The summed E-state index contributed by atoms with van der Waals surface area (Å²) in [7, 11) is 0. The number of amides is 2. The summed E-state index contributed by atoms with van der Waals surface area (Å²) in [6.07, 6.45) is 3.62. The predicted molar refractivity (Wildman–Crippen MR) is 78.4 cm³/mol. The van der Waals surface area contributed by atoms with Gasteiger partial charge in [0.05, 0.1) is 6.10 Å². The monoisotopic (exact) mass is 264 g/mol. The molecule has 0 aliphatic rings. The summed E-state index contributed by atoms with van der Waals surface area (Å²) in [5.74, 6) is 0. The van der Waals surface area contributed by atoms with Gasteiger partial charge in [-0.25, -0.2) is 4.79 Å². The molecule has 3 N–H and O–H groups in total. The highest BCUT2D eigenvalue weighted by atomic mass is 16.3. The van der Waals surface area contributed by atoms with E-state index >= 15 is 0 Å². The largest absolute Gasteiger partial charge is 0.393 e. The summed E-state index contributed by atoms with van der Waals surface area (Å²) in [6.45, 7) is 4.35. The fourth-order valence-corrected chi connectivity index (χ4v) is 1.71. The van der Waals surface area contributed by atoms with Gasteiger partial charge in [0.1, 0.15) is 0 Å². The number of anilines is 1. The lowest BCUT2D eigenvalue weighted by molar-refractivity contribution is 0.184. The Hall–Kier alpha value is -1.55. The number of carbonyl (C=O) groups is 1. The fraction of sp³-hybridized carbons (Fsp3) is 0.533.